The van der Waals surface area contributed by atoms with Gasteiger partial charge in [0.2, 0.25) is 5.88 Å². The molecule has 0 amide bonds. The summed E-state index contributed by atoms with van der Waals surface area (Å²) in [4.78, 5) is 12.9. The second-order valence-electron chi connectivity index (χ2n) is 8.31. The number of aliphatic hydroxyl groups excluding tert-OH is 2. The van der Waals surface area contributed by atoms with Crippen LogP contribution in [0.2, 0.25) is 5.02 Å². The Hall–Kier alpha value is -2.94. The zero-order valence-corrected chi connectivity index (χ0v) is 18.3. The molecule has 166 valence electrons. The molecule has 1 fully saturated rings. The van der Waals surface area contributed by atoms with E-state index < -0.39 is 12.2 Å². The first-order valence-electron chi connectivity index (χ1n) is 10.5. The van der Waals surface area contributed by atoms with Gasteiger partial charge in [0.05, 0.1) is 35.2 Å². The molecule has 1 aliphatic rings. The van der Waals surface area contributed by atoms with Gasteiger partial charge >= 0.3 is 0 Å². The van der Waals surface area contributed by atoms with Crippen LogP contribution in [-0.2, 0) is 6.42 Å². The summed E-state index contributed by atoms with van der Waals surface area (Å²) in [5.41, 5.74) is 8.42. The highest BCUT2D eigenvalue weighted by atomic mass is 35.5. The monoisotopic (exact) mass is 453 g/mol. The number of benzene rings is 1. The third kappa shape index (κ3) is 3.54. The molecule has 0 saturated heterocycles. The summed E-state index contributed by atoms with van der Waals surface area (Å²) in [6.07, 6.45) is 3.76. The Bertz CT molecular complexity index is 1290. The number of aryl methyl sites for hydroxylation is 1. The van der Waals surface area contributed by atoms with Crippen LogP contribution < -0.4 is 10.5 Å². The Morgan fingerprint density at radius 1 is 1.19 bits per heavy atom. The summed E-state index contributed by atoms with van der Waals surface area (Å²) in [5, 5.41) is 23.7. The van der Waals surface area contributed by atoms with E-state index in [2.05, 4.69) is 15.0 Å². The molecule has 0 spiro atoms. The minimum atomic E-state index is -0.878. The number of methoxy groups -OCH3 is 1. The fourth-order valence-corrected chi connectivity index (χ4v) is 4.91. The van der Waals surface area contributed by atoms with Crippen LogP contribution in [0.3, 0.4) is 0 Å². The molecule has 1 aromatic carbocycles. The van der Waals surface area contributed by atoms with Gasteiger partial charge in [-0.1, -0.05) is 23.7 Å². The third-order valence-corrected chi connectivity index (χ3v) is 6.76. The summed E-state index contributed by atoms with van der Waals surface area (Å²) >= 11 is 6.06. The van der Waals surface area contributed by atoms with Gasteiger partial charge < -0.3 is 25.3 Å². The number of rotatable bonds is 5. The van der Waals surface area contributed by atoms with E-state index in [9.17, 15) is 10.2 Å². The highest BCUT2D eigenvalue weighted by Gasteiger charge is 2.42. The van der Waals surface area contributed by atoms with Crippen molar-refractivity contribution in [2.24, 2.45) is 5.92 Å². The van der Waals surface area contributed by atoms with Crippen molar-refractivity contribution < 1.29 is 14.9 Å². The predicted molar refractivity (Wildman–Crippen MR) is 123 cm³/mol. The molecule has 1 unspecified atom stereocenters. The van der Waals surface area contributed by atoms with Crippen LogP contribution in [0.4, 0.5) is 5.82 Å². The van der Waals surface area contributed by atoms with Crippen molar-refractivity contribution in [1.29, 1.82) is 0 Å². The maximum absolute atomic E-state index is 10.8. The van der Waals surface area contributed by atoms with Crippen molar-refractivity contribution in [2.45, 2.75) is 37.5 Å². The first kappa shape index (κ1) is 20.9. The molecule has 5 rings (SSSR count). The molecule has 4 atom stereocenters. The quantitative estimate of drug-likeness (QED) is 0.424. The van der Waals surface area contributed by atoms with E-state index in [1.807, 2.05) is 41.1 Å². The number of aliphatic hydroxyl groups is 2. The zero-order valence-electron chi connectivity index (χ0n) is 17.5. The Morgan fingerprint density at radius 2 is 2.03 bits per heavy atom. The normalized spacial score (nSPS) is 23.2. The average Bonchev–Trinajstić information content (AvgIpc) is 3.34. The van der Waals surface area contributed by atoms with Gasteiger partial charge in [0, 0.05) is 11.6 Å². The molecule has 1 aliphatic carbocycles. The Morgan fingerprint density at radius 3 is 2.84 bits per heavy atom. The number of hydrogen-bond acceptors (Lipinski definition) is 7. The van der Waals surface area contributed by atoms with Gasteiger partial charge in [0.25, 0.3) is 0 Å². The number of nitrogens with zero attached hydrogens (tertiary/aromatic N) is 4. The van der Waals surface area contributed by atoms with Gasteiger partial charge in [0.1, 0.15) is 23.9 Å². The molecule has 4 aromatic rings. The van der Waals surface area contributed by atoms with Crippen molar-refractivity contribution in [3.63, 3.8) is 0 Å². The van der Waals surface area contributed by atoms with Gasteiger partial charge in [-0.15, -0.1) is 0 Å². The van der Waals surface area contributed by atoms with E-state index in [0.29, 0.717) is 28.8 Å². The van der Waals surface area contributed by atoms with Gasteiger partial charge in [-0.25, -0.2) is 15.0 Å². The number of fused-ring (bicyclic) bond motifs is 2. The van der Waals surface area contributed by atoms with Crippen molar-refractivity contribution >= 4 is 39.4 Å². The van der Waals surface area contributed by atoms with Crippen LogP contribution in [0.5, 0.6) is 5.88 Å². The van der Waals surface area contributed by atoms with Crippen LogP contribution in [0.15, 0.2) is 42.9 Å². The number of aromatic nitrogens is 4. The Balaban J connectivity index is 1.34. The number of pyridine rings is 1. The minimum absolute atomic E-state index is 0.0462. The van der Waals surface area contributed by atoms with Gasteiger partial charge in [0.15, 0.2) is 0 Å². The van der Waals surface area contributed by atoms with Gasteiger partial charge in [-0.3, -0.25) is 0 Å². The van der Waals surface area contributed by atoms with Crippen molar-refractivity contribution in [2.75, 3.05) is 12.8 Å². The summed E-state index contributed by atoms with van der Waals surface area (Å²) < 4.78 is 7.22. The second kappa shape index (κ2) is 8.20. The fraction of sp³-hybridized carbons (Fsp3) is 0.348. The van der Waals surface area contributed by atoms with Crippen molar-refractivity contribution in [1.82, 2.24) is 19.5 Å². The fourth-order valence-electron chi connectivity index (χ4n) is 4.75. The molecule has 8 nitrogen and oxygen atoms in total. The SMILES string of the molecule is COc1ncnc2c1ccn2[C@@H]1C[C@H](CCc2ccc3cc(Cl)c(N)nc3c2)[C@@H](O)C1O. The molecular weight excluding hydrogens is 430 g/mol. The van der Waals surface area contributed by atoms with Crippen LogP contribution in [-0.4, -0.2) is 49.0 Å². The smallest absolute Gasteiger partial charge is 0.225 e. The van der Waals surface area contributed by atoms with Crippen LogP contribution in [0, 0.1) is 5.92 Å². The molecule has 32 heavy (non-hydrogen) atoms. The number of hydrogen-bond donors (Lipinski definition) is 3. The Kier molecular flexibility index (Phi) is 5.36. The number of nitrogen functional groups attached to an aromatic ring is 1. The molecule has 0 radical (unpaired) electrons. The topological polar surface area (TPSA) is 119 Å². The summed E-state index contributed by atoms with van der Waals surface area (Å²) in [5.74, 6) is 0.758. The number of nitrogens with two attached hydrogens (primary N) is 1. The number of ether oxygens (including phenoxy) is 1. The molecule has 4 N–H and O–H groups in total. The van der Waals surface area contributed by atoms with Crippen LogP contribution in [0.25, 0.3) is 21.9 Å². The van der Waals surface area contributed by atoms with E-state index >= 15 is 0 Å². The lowest BCUT2D eigenvalue weighted by Crippen LogP contribution is -2.29. The number of anilines is 1. The molecule has 1 saturated carbocycles. The molecule has 9 heteroatoms. The largest absolute Gasteiger partial charge is 0.480 e. The molecule has 0 bridgehead atoms. The number of halogens is 1. The lowest BCUT2D eigenvalue weighted by atomic mass is 9.95. The van der Waals surface area contributed by atoms with Crippen LogP contribution >= 0.6 is 11.6 Å². The standard InChI is InChI=1S/C23H24ClN5O3/c1-32-23-15-6-7-29(22(15)26-11-27-23)18-10-14(19(30)20(18)31)5-3-12-2-4-13-9-16(24)21(25)28-17(13)8-12/h2,4,6-9,11,14,18-20,30-31H,3,5,10H2,1H3,(H2,25,28)/t14-,18+,19+,20?/m0/s1. The summed E-state index contributed by atoms with van der Waals surface area (Å²) in [7, 11) is 1.56. The van der Waals surface area contributed by atoms with E-state index in [1.54, 1.807) is 7.11 Å². The second-order valence-corrected chi connectivity index (χ2v) is 8.72. The summed E-state index contributed by atoms with van der Waals surface area (Å²) in [6, 6.07) is 9.43. The first-order chi connectivity index (χ1) is 15.5. The zero-order chi connectivity index (χ0) is 22.4. The van der Waals surface area contributed by atoms with Gasteiger partial charge in [-0.05, 0) is 48.9 Å². The molecule has 0 aliphatic heterocycles. The first-order valence-corrected chi connectivity index (χ1v) is 10.9. The van der Waals surface area contributed by atoms with Crippen LogP contribution in [0.1, 0.15) is 24.4 Å². The Labute approximate surface area is 189 Å². The van der Waals surface area contributed by atoms with E-state index in [0.717, 1.165) is 34.7 Å². The van der Waals surface area contributed by atoms with Crippen molar-refractivity contribution in [3.05, 3.63) is 53.4 Å². The van der Waals surface area contributed by atoms with E-state index in [4.69, 9.17) is 22.1 Å². The molecular formula is C23H24ClN5O3. The molecule has 3 aromatic heterocycles. The maximum Gasteiger partial charge on any atom is 0.225 e. The minimum Gasteiger partial charge on any atom is -0.480 e. The maximum atomic E-state index is 10.8. The van der Waals surface area contributed by atoms with E-state index in [1.165, 1.54) is 6.33 Å². The van der Waals surface area contributed by atoms with E-state index in [-0.39, 0.29) is 12.0 Å². The third-order valence-electron chi connectivity index (χ3n) is 6.46. The average molecular weight is 454 g/mol. The van der Waals surface area contributed by atoms with Gasteiger partial charge in [-0.2, -0.15) is 0 Å². The summed E-state index contributed by atoms with van der Waals surface area (Å²) in [6.45, 7) is 0. The lowest BCUT2D eigenvalue weighted by Gasteiger charge is -2.19. The molecule has 3 heterocycles. The van der Waals surface area contributed by atoms with Crippen molar-refractivity contribution in [3.8, 4) is 5.88 Å². The predicted octanol–water partition coefficient (Wildman–Crippen LogP) is 3.14. The lowest BCUT2D eigenvalue weighted by molar-refractivity contribution is 0.00545. The highest BCUT2D eigenvalue weighted by molar-refractivity contribution is 6.33. The highest BCUT2D eigenvalue weighted by Crippen LogP contribution is 2.40.